The van der Waals surface area contributed by atoms with Crippen molar-refractivity contribution in [3.05, 3.63) is 42.0 Å². The van der Waals surface area contributed by atoms with Crippen LogP contribution in [0.3, 0.4) is 0 Å². The summed E-state index contributed by atoms with van der Waals surface area (Å²) >= 11 is 0. The second kappa shape index (κ2) is 5.35. The number of anilines is 1. The van der Waals surface area contributed by atoms with Gasteiger partial charge >= 0.3 is 0 Å². The van der Waals surface area contributed by atoms with Crippen LogP contribution < -0.4 is 4.72 Å². The largest absolute Gasteiger partial charge is 0.255 e. The van der Waals surface area contributed by atoms with E-state index < -0.39 is 10.0 Å². The van der Waals surface area contributed by atoms with Crippen LogP contribution in [-0.4, -0.2) is 28.9 Å². The van der Waals surface area contributed by atoms with E-state index in [2.05, 4.69) is 14.8 Å². The molecule has 0 radical (unpaired) electrons. The third-order valence-electron chi connectivity index (χ3n) is 2.42. The maximum absolute atomic E-state index is 12.7. The molecule has 0 aliphatic rings. The van der Waals surface area contributed by atoms with Gasteiger partial charge in [-0.2, -0.15) is 4.98 Å². The van der Waals surface area contributed by atoms with Crippen LogP contribution in [0.15, 0.2) is 30.6 Å². The van der Waals surface area contributed by atoms with Crippen LogP contribution in [0.5, 0.6) is 0 Å². The van der Waals surface area contributed by atoms with Gasteiger partial charge in [0.25, 0.3) is 5.95 Å². The molecule has 0 saturated heterocycles. The molecule has 1 N–H and O–H groups in total. The Morgan fingerprint density at radius 2 is 2.00 bits per heavy atom. The summed E-state index contributed by atoms with van der Waals surface area (Å²) < 4.78 is 39.1. The van der Waals surface area contributed by atoms with Crippen molar-refractivity contribution in [2.45, 2.75) is 13.5 Å². The Hall–Kier alpha value is -1.96. The lowest BCUT2D eigenvalue weighted by molar-refractivity contribution is 0.601. The zero-order valence-corrected chi connectivity index (χ0v) is 11.1. The molecule has 102 valence electrons. The van der Waals surface area contributed by atoms with Crippen LogP contribution in [0, 0.1) is 5.82 Å². The minimum absolute atomic E-state index is 0.0314. The molecular formula is C11H13FN4O2S. The Balaban J connectivity index is 2.07. The number of benzene rings is 1. The zero-order chi connectivity index (χ0) is 13.9. The van der Waals surface area contributed by atoms with E-state index in [4.69, 9.17) is 0 Å². The summed E-state index contributed by atoms with van der Waals surface area (Å²) in [6, 6.07) is 5.97. The smallest absolute Gasteiger partial charge is 0.250 e. The fourth-order valence-corrected chi connectivity index (χ4v) is 1.92. The van der Waals surface area contributed by atoms with Gasteiger partial charge in [-0.15, -0.1) is 5.10 Å². The highest BCUT2D eigenvalue weighted by Crippen LogP contribution is 2.06. The number of hydrogen-bond donors (Lipinski definition) is 1. The number of nitrogens with zero attached hydrogens (tertiary/aromatic N) is 3. The van der Waals surface area contributed by atoms with Crippen LogP contribution in [-0.2, 0) is 16.6 Å². The monoisotopic (exact) mass is 284 g/mol. The summed E-state index contributed by atoms with van der Waals surface area (Å²) in [5.74, 6) is -0.317. The molecule has 1 aromatic carbocycles. The fourth-order valence-electron chi connectivity index (χ4n) is 1.41. The molecular weight excluding hydrogens is 271 g/mol. The lowest BCUT2D eigenvalue weighted by Crippen LogP contribution is -2.15. The van der Waals surface area contributed by atoms with Crippen LogP contribution in [0.1, 0.15) is 12.5 Å². The van der Waals surface area contributed by atoms with Gasteiger partial charge in [0.2, 0.25) is 10.0 Å². The van der Waals surface area contributed by atoms with Gasteiger partial charge in [0.05, 0.1) is 12.3 Å². The van der Waals surface area contributed by atoms with Gasteiger partial charge in [-0.25, -0.2) is 22.2 Å². The first-order valence-electron chi connectivity index (χ1n) is 5.63. The summed E-state index contributed by atoms with van der Waals surface area (Å²) in [4.78, 5) is 3.85. The fraction of sp³-hybridized carbons (Fsp3) is 0.273. The average Bonchev–Trinajstić information content (AvgIpc) is 2.79. The topological polar surface area (TPSA) is 76.9 Å². The van der Waals surface area contributed by atoms with Gasteiger partial charge in [-0.05, 0) is 24.6 Å². The minimum atomic E-state index is -3.38. The molecule has 0 atom stereocenters. The highest BCUT2D eigenvalue weighted by atomic mass is 32.2. The highest BCUT2D eigenvalue weighted by Gasteiger charge is 2.10. The first-order valence-corrected chi connectivity index (χ1v) is 7.28. The van der Waals surface area contributed by atoms with Gasteiger partial charge < -0.3 is 0 Å². The number of halogens is 1. The predicted molar refractivity (Wildman–Crippen MR) is 68.6 cm³/mol. The molecule has 1 heterocycles. The van der Waals surface area contributed by atoms with Crippen LogP contribution in [0.2, 0.25) is 0 Å². The summed E-state index contributed by atoms with van der Waals surface area (Å²) in [6.07, 6.45) is 1.41. The van der Waals surface area contributed by atoms with E-state index in [1.807, 2.05) is 0 Å². The highest BCUT2D eigenvalue weighted by molar-refractivity contribution is 7.92. The number of nitrogens with one attached hydrogen (secondary N) is 1. The normalized spacial score (nSPS) is 11.5. The molecule has 0 amide bonds. The standard InChI is InChI=1S/C11H13FN4O2S/c1-2-19(17,18)15-11-13-8-16(14-11)7-9-3-5-10(12)6-4-9/h3-6,8H,2,7H2,1H3,(H,14,15). The third-order valence-corrected chi connectivity index (χ3v) is 3.67. The van der Waals surface area contributed by atoms with Crippen molar-refractivity contribution in [3.8, 4) is 0 Å². The average molecular weight is 284 g/mol. The Labute approximate surface area is 110 Å². The second-order valence-corrected chi connectivity index (χ2v) is 5.91. The van der Waals surface area contributed by atoms with E-state index in [-0.39, 0.29) is 17.5 Å². The molecule has 6 nitrogen and oxygen atoms in total. The van der Waals surface area contributed by atoms with E-state index in [9.17, 15) is 12.8 Å². The second-order valence-electron chi connectivity index (χ2n) is 3.90. The number of hydrogen-bond acceptors (Lipinski definition) is 4. The van der Waals surface area contributed by atoms with Gasteiger partial charge in [0.15, 0.2) is 0 Å². The Kier molecular flexibility index (Phi) is 3.79. The van der Waals surface area contributed by atoms with Gasteiger partial charge in [-0.3, -0.25) is 0 Å². The lowest BCUT2D eigenvalue weighted by atomic mass is 10.2. The van der Waals surface area contributed by atoms with E-state index >= 15 is 0 Å². The molecule has 0 spiro atoms. The molecule has 19 heavy (non-hydrogen) atoms. The Morgan fingerprint density at radius 3 is 2.63 bits per heavy atom. The van der Waals surface area contributed by atoms with Gasteiger partial charge in [0.1, 0.15) is 12.1 Å². The molecule has 0 unspecified atom stereocenters. The lowest BCUT2D eigenvalue weighted by Gasteiger charge is -2.01. The first kappa shape index (κ1) is 13.5. The van der Waals surface area contributed by atoms with Crippen LogP contribution in [0.25, 0.3) is 0 Å². The quantitative estimate of drug-likeness (QED) is 0.895. The van der Waals surface area contributed by atoms with Crippen molar-refractivity contribution < 1.29 is 12.8 Å². The molecule has 0 aliphatic carbocycles. The molecule has 2 aromatic rings. The number of rotatable bonds is 5. The van der Waals surface area contributed by atoms with E-state index in [0.29, 0.717) is 6.54 Å². The SMILES string of the molecule is CCS(=O)(=O)Nc1ncn(Cc2ccc(F)cc2)n1. The summed E-state index contributed by atoms with van der Waals surface area (Å²) in [6.45, 7) is 1.92. The zero-order valence-electron chi connectivity index (χ0n) is 10.2. The van der Waals surface area contributed by atoms with Crippen molar-refractivity contribution >= 4 is 16.0 Å². The molecule has 0 bridgehead atoms. The predicted octanol–water partition coefficient (Wildman–Crippen LogP) is 1.23. The van der Waals surface area contributed by atoms with Crippen molar-refractivity contribution in [1.82, 2.24) is 14.8 Å². The first-order chi connectivity index (χ1) is 8.98. The third kappa shape index (κ3) is 3.75. The van der Waals surface area contributed by atoms with Crippen molar-refractivity contribution in [3.63, 3.8) is 0 Å². The van der Waals surface area contributed by atoms with Crippen molar-refractivity contribution in [2.75, 3.05) is 10.5 Å². The van der Waals surface area contributed by atoms with Gasteiger partial charge in [0, 0.05) is 0 Å². The molecule has 1 aromatic heterocycles. The molecule has 2 rings (SSSR count). The Bertz CT molecular complexity index is 652. The van der Waals surface area contributed by atoms with Gasteiger partial charge in [-0.1, -0.05) is 12.1 Å². The Morgan fingerprint density at radius 1 is 1.32 bits per heavy atom. The maximum atomic E-state index is 12.7. The minimum Gasteiger partial charge on any atom is -0.250 e. The van der Waals surface area contributed by atoms with Crippen LogP contribution in [0.4, 0.5) is 10.3 Å². The van der Waals surface area contributed by atoms with E-state index in [0.717, 1.165) is 5.56 Å². The van der Waals surface area contributed by atoms with E-state index in [1.54, 1.807) is 12.1 Å². The molecule has 8 heteroatoms. The summed E-state index contributed by atoms with van der Waals surface area (Å²) in [7, 11) is -3.38. The van der Waals surface area contributed by atoms with Crippen molar-refractivity contribution in [2.24, 2.45) is 0 Å². The van der Waals surface area contributed by atoms with Crippen molar-refractivity contribution in [1.29, 1.82) is 0 Å². The summed E-state index contributed by atoms with van der Waals surface area (Å²) in [5, 5.41) is 3.98. The molecule has 0 aliphatic heterocycles. The molecule has 0 fully saturated rings. The molecule has 0 saturated carbocycles. The summed E-state index contributed by atoms with van der Waals surface area (Å²) in [5.41, 5.74) is 0.844. The maximum Gasteiger partial charge on any atom is 0.255 e. The number of aromatic nitrogens is 3. The number of sulfonamides is 1. The van der Waals surface area contributed by atoms with Crippen LogP contribution >= 0.6 is 0 Å². The van der Waals surface area contributed by atoms with E-state index in [1.165, 1.54) is 30.1 Å².